The fourth-order valence-electron chi connectivity index (χ4n) is 3.37. The van der Waals surface area contributed by atoms with Crippen molar-refractivity contribution in [2.45, 2.75) is 51.6 Å². The standard InChI is InChI=1S/C20H33N5O3S.HI/c1-3-12-29(26,27)25-10-7-18(8-11-25)24-20(21-2)23-14-17-6-9-22-19(13-17)28-15-16-4-5-16;/h6,9,13,16,18H,3-5,7-8,10-12,14-15H2,1-2H3,(H2,21,23,24);1H. The van der Waals surface area contributed by atoms with Gasteiger partial charge in [0.2, 0.25) is 15.9 Å². The number of halogens is 1. The van der Waals surface area contributed by atoms with Crippen LogP contribution < -0.4 is 15.4 Å². The van der Waals surface area contributed by atoms with Gasteiger partial charge in [0.05, 0.1) is 12.4 Å². The van der Waals surface area contributed by atoms with Gasteiger partial charge in [-0.25, -0.2) is 17.7 Å². The Hall–Kier alpha value is -1.14. The number of aromatic nitrogens is 1. The predicted octanol–water partition coefficient (Wildman–Crippen LogP) is 2.36. The van der Waals surface area contributed by atoms with E-state index < -0.39 is 10.0 Å². The lowest BCUT2D eigenvalue weighted by atomic mass is 10.1. The zero-order valence-electron chi connectivity index (χ0n) is 17.8. The molecule has 2 fully saturated rings. The van der Waals surface area contributed by atoms with Crippen molar-refractivity contribution >= 4 is 40.0 Å². The summed E-state index contributed by atoms with van der Waals surface area (Å²) in [6, 6.07) is 4.13. The number of sulfonamides is 1. The van der Waals surface area contributed by atoms with Gasteiger partial charge in [0.1, 0.15) is 0 Å². The number of pyridine rings is 1. The van der Waals surface area contributed by atoms with E-state index in [0.29, 0.717) is 37.9 Å². The van der Waals surface area contributed by atoms with Crippen molar-refractivity contribution in [2.75, 3.05) is 32.5 Å². The quantitative estimate of drug-likeness (QED) is 0.278. The molecule has 170 valence electrons. The number of hydrogen-bond donors (Lipinski definition) is 2. The molecular weight excluding hydrogens is 517 g/mol. The van der Waals surface area contributed by atoms with Gasteiger partial charge in [-0.05, 0) is 49.7 Å². The highest BCUT2D eigenvalue weighted by Crippen LogP contribution is 2.29. The van der Waals surface area contributed by atoms with Gasteiger partial charge >= 0.3 is 0 Å². The van der Waals surface area contributed by atoms with Gasteiger partial charge < -0.3 is 15.4 Å². The van der Waals surface area contributed by atoms with E-state index in [1.54, 1.807) is 17.5 Å². The summed E-state index contributed by atoms with van der Waals surface area (Å²) in [7, 11) is -1.36. The van der Waals surface area contributed by atoms with Gasteiger partial charge in [-0.2, -0.15) is 0 Å². The number of nitrogens with zero attached hydrogens (tertiary/aromatic N) is 3. The zero-order chi connectivity index (χ0) is 20.7. The van der Waals surface area contributed by atoms with Crippen LogP contribution in [-0.2, 0) is 16.6 Å². The summed E-state index contributed by atoms with van der Waals surface area (Å²) in [5.41, 5.74) is 1.08. The van der Waals surface area contributed by atoms with Crippen LogP contribution in [0.4, 0.5) is 0 Å². The molecule has 3 rings (SSSR count). The second kappa shape index (κ2) is 12.0. The highest BCUT2D eigenvalue weighted by molar-refractivity contribution is 14.0. The second-order valence-electron chi connectivity index (χ2n) is 7.82. The van der Waals surface area contributed by atoms with Crippen molar-refractivity contribution in [1.82, 2.24) is 19.9 Å². The molecule has 1 aliphatic heterocycles. The third-order valence-electron chi connectivity index (χ3n) is 5.30. The fourth-order valence-corrected chi connectivity index (χ4v) is 4.91. The maximum absolute atomic E-state index is 12.2. The van der Waals surface area contributed by atoms with Crippen molar-refractivity contribution in [3.63, 3.8) is 0 Å². The minimum absolute atomic E-state index is 0. The van der Waals surface area contributed by atoms with E-state index in [0.717, 1.165) is 31.0 Å². The first-order chi connectivity index (χ1) is 14.0. The molecule has 1 aromatic heterocycles. The SMILES string of the molecule is CCCS(=O)(=O)N1CCC(NC(=NC)NCc2ccnc(OCC3CC3)c2)CC1.I. The molecule has 0 aromatic carbocycles. The van der Waals surface area contributed by atoms with Crippen LogP contribution in [0.2, 0.25) is 0 Å². The average molecular weight is 551 g/mol. The highest BCUT2D eigenvalue weighted by atomic mass is 127. The van der Waals surface area contributed by atoms with Gasteiger partial charge in [0.25, 0.3) is 0 Å². The first kappa shape index (κ1) is 25.1. The summed E-state index contributed by atoms with van der Waals surface area (Å²) in [5, 5.41) is 6.74. The summed E-state index contributed by atoms with van der Waals surface area (Å²) in [4.78, 5) is 8.57. The Kier molecular flexibility index (Phi) is 10.1. The molecule has 0 bridgehead atoms. The Morgan fingerprint density at radius 2 is 2.03 bits per heavy atom. The molecule has 1 saturated carbocycles. The molecule has 0 amide bonds. The largest absolute Gasteiger partial charge is 0.477 e. The number of nitrogens with one attached hydrogen (secondary N) is 2. The summed E-state index contributed by atoms with van der Waals surface area (Å²) in [6.45, 7) is 4.38. The lowest BCUT2D eigenvalue weighted by Gasteiger charge is -2.32. The first-order valence-corrected chi connectivity index (χ1v) is 12.1. The fraction of sp³-hybridized carbons (Fsp3) is 0.700. The van der Waals surface area contributed by atoms with Crippen molar-refractivity contribution in [1.29, 1.82) is 0 Å². The number of piperidine rings is 1. The zero-order valence-corrected chi connectivity index (χ0v) is 21.0. The molecule has 0 spiro atoms. The monoisotopic (exact) mass is 551 g/mol. The predicted molar refractivity (Wildman–Crippen MR) is 130 cm³/mol. The van der Waals surface area contributed by atoms with Crippen LogP contribution >= 0.6 is 24.0 Å². The summed E-state index contributed by atoms with van der Waals surface area (Å²) in [6.07, 6.45) is 6.48. The number of aliphatic imine (C=N–C) groups is 1. The summed E-state index contributed by atoms with van der Waals surface area (Å²) < 4.78 is 31.8. The van der Waals surface area contributed by atoms with Gasteiger partial charge in [-0.1, -0.05) is 6.92 Å². The van der Waals surface area contributed by atoms with E-state index in [4.69, 9.17) is 4.74 Å². The Labute approximate surface area is 197 Å². The van der Waals surface area contributed by atoms with E-state index in [-0.39, 0.29) is 35.8 Å². The van der Waals surface area contributed by atoms with Gasteiger partial charge in [0.15, 0.2) is 5.96 Å². The number of hydrogen-bond acceptors (Lipinski definition) is 5. The lowest BCUT2D eigenvalue weighted by molar-refractivity contribution is 0.288. The van der Waals surface area contributed by atoms with Crippen molar-refractivity contribution in [3.05, 3.63) is 23.9 Å². The molecular formula is C20H34IN5O3S. The molecule has 0 radical (unpaired) electrons. The third-order valence-corrected chi connectivity index (χ3v) is 7.37. The van der Waals surface area contributed by atoms with Gasteiger partial charge in [0, 0.05) is 45.0 Å². The minimum atomic E-state index is -3.11. The smallest absolute Gasteiger partial charge is 0.214 e. The third kappa shape index (κ3) is 7.84. The van der Waals surface area contributed by atoms with Crippen LogP contribution in [0, 0.1) is 5.92 Å². The lowest BCUT2D eigenvalue weighted by Crippen LogP contribution is -2.49. The first-order valence-electron chi connectivity index (χ1n) is 10.5. The highest BCUT2D eigenvalue weighted by Gasteiger charge is 2.27. The molecule has 0 atom stereocenters. The summed E-state index contributed by atoms with van der Waals surface area (Å²) >= 11 is 0. The molecule has 30 heavy (non-hydrogen) atoms. The Morgan fingerprint density at radius 3 is 2.67 bits per heavy atom. The molecule has 1 aliphatic carbocycles. The molecule has 10 heteroatoms. The maximum Gasteiger partial charge on any atom is 0.214 e. The van der Waals surface area contributed by atoms with Crippen LogP contribution in [0.5, 0.6) is 5.88 Å². The van der Waals surface area contributed by atoms with E-state index in [2.05, 4.69) is 20.6 Å². The summed E-state index contributed by atoms with van der Waals surface area (Å²) in [5.74, 6) is 2.31. The topological polar surface area (TPSA) is 95.9 Å². The van der Waals surface area contributed by atoms with Gasteiger partial charge in [-0.3, -0.25) is 4.99 Å². The number of ether oxygens (including phenoxy) is 1. The van der Waals surface area contributed by atoms with Crippen molar-refractivity contribution in [3.8, 4) is 5.88 Å². The number of rotatable bonds is 9. The molecule has 1 aromatic rings. The number of guanidine groups is 1. The average Bonchev–Trinajstić information content (AvgIpc) is 3.55. The van der Waals surface area contributed by atoms with Crippen molar-refractivity contribution in [2.24, 2.45) is 10.9 Å². The molecule has 2 heterocycles. The van der Waals surface area contributed by atoms with Crippen LogP contribution in [-0.4, -0.2) is 62.2 Å². The minimum Gasteiger partial charge on any atom is -0.477 e. The van der Waals surface area contributed by atoms with Crippen LogP contribution in [0.1, 0.15) is 44.6 Å². The molecule has 1 saturated heterocycles. The van der Waals surface area contributed by atoms with E-state index >= 15 is 0 Å². The van der Waals surface area contributed by atoms with Crippen LogP contribution in [0.15, 0.2) is 23.3 Å². The second-order valence-corrected chi connectivity index (χ2v) is 9.90. The molecule has 0 unspecified atom stereocenters. The Balaban J connectivity index is 0.00000320. The molecule has 2 aliphatic rings. The van der Waals surface area contributed by atoms with Crippen LogP contribution in [0.25, 0.3) is 0 Å². The normalized spacial score (nSPS) is 18.5. The van der Waals surface area contributed by atoms with E-state index in [1.165, 1.54) is 12.8 Å². The Morgan fingerprint density at radius 1 is 1.30 bits per heavy atom. The van der Waals surface area contributed by atoms with Crippen LogP contribution in [0.3, 0.4) is 0 Å². The van der Waals surface area contributed by atoms with Crippen molar-refractivity contribution < 1.29 is 13.2 Å². The molecule has 2 N–H and O–H groups in total. The van der Waals surface area contributed by atoms with E-state index in [9.17, 15) is 8.42 Å². The Bertz CT molecular complexity index is 793. The molecule has 8 nitrogen and oxygen atoms in total. The van der Waals surface area contributed by atoms with Gasteiger partial charge in [-0.15, -0.1) is 24.0 Å². The van der Waals surface area contributed by atoms with E-state index in [1.807, 2.05) is 19.1 Å². The maximum atomic E-state index is 12.2.